The van der Waals surface area contributed by atoms with Gasteiger partial charge in [0.2, 0.25) is 0 Å². The molecule has 0 saturated heterocycles. The molecule has 2 aromatic rings. The minimum Gasteiger partial charge on any atom is -0.480 e. The van der Waals surface area contributed by atoms with Gasteiger partial charge in [0.25, 0.3) is 5.91 Å². The average molecular weight is 355 g/mol. The summed E-state index contributed by atoms with van der Waals surface area (Å²) < 4.78 is 10.9. The maximum Gasteiger partial charge on any atom is 0.338 e. The van der Waals surface area contributed by atoms with Crippen LogP contribution in [0.2, 0.25) is 0 Å². The molecular formula is C21H25NO4. The fraction of sp³-hybridized carbons (Fsp3) is 0.333. The van der Waals surface area contributed by atoms with Crippen LogP contribution in [-0.4, -0.2) is 24.6 Å². The van der Waals surface area contributed by atoms with E-state index < -0.39 is 12.1 Å². The van der Waals surface area contributed by atoms with Crippen LogP contribution in [0.1, 0.15) is 41.8 Å². The Morgan fingerprint density at radius 3 is 2.54 bits per heavy atom. The predicted octanol–water partition coefficient (Wildman–Crippen LogP) is 4.28. The van der Waals surface area contributed by atoms with Gasteiger partial charge in [0, 0.05) is 5.69 Å². The quantitative estimate of drug-likeness (QED) is 0.753. The van der Waals surface area contributed by atoms with E-state index in [4.69, 9.17) is 9.47 Å². The van der Waals surface area contributed by atoms with Gasteiger partial charge >= 0.3 is 5.97 Å². The molecule has 0 aromatic heterocycles. The third kappa shape index (κ3) is 5.09. The maximum atomic E-state index is 12.6. The monoisotopic (exact) mass is 355 g/mol. The number of rotatable bonds is 7. The van der Waals surface area contributed by atoms with Crippen LogP contribution in [0.5, 0.6) is 5.75 Å². The summed E-state index contributed by atoms with van der Waals surface area (Å²) in [7, 11) is 0. The van der Waals surface area contributed by atoms with Crippen molar-refractivity contribution < 1.29 is 19.1 Å². The summed E-state index contributed by atoms with van der Waals surface area (Å²) in [5.74, 6) is 0.0314. The summed E-state index contributed by atoms with van der Waals surface area (Å²) in [6.45, 7) is 7.87. The maximum absolute atomic E-state index is 12.6. The molecule has 0 radical (unpaired) electrons. The molecule has 5 nitrogen and oxygen atoms in total. The molecule has 0 heterocycles. The molecule has 0 saturated carbocycles. The summed E-state index contributed by atoms with van der Waals surface area (Å²) in [4.78, 5) is 24.4. The normalized spacial score (nSPS) is 11.5. The number of hydrogen-bond donors (Lipinski definition) is 1. The highest BCUT2D eigenvalue weighted by Crippen LogP contribution is 2.22. The van der Waals surface area contributed by atoms with Crippen molar-refractivity contribution in [3.63, 3.8) is 0 Å². The minimum atomic E-state index is -0.623. The summed E-state index contributed by atoms with van der Waals surface area (Å²) in [6, 6.07) is 12.6. The smallest absolute Gasteiger partial charge is 0.338 e. The number of amides is 1. The third-order valence-electron chi connectivity index (χ3n) is 3.92. The van der Waals surface area contributed by atoms with Gasteiger partial charge in [0.15, 0.2) is 6.10 Å². The molecule has 26 heavy (non-hydrogen) atoms. The molecule has 2 rings (SSSR count). The fourth-order valence-electron chi connectivity index (χ4n) is 2.47. The van der Waals surface area contributed by atoms with E-state index in [2.05, 4.69) is 5.32 Å². The van der Waals surface area contributed by atoms with E-state index in [9.17, 15) is 9.59 Å². The minimum absolute atomic E-state index is 0.255. The summed E-state index contributed by atoms with van der Waals surface area (Å²) in [6.07, 6.45) is -0.0988. The van der Waals surface area contributed by atoms with Crippen LogP contribution in [0, 0.1) is 13.8 Å². The zero-order chi connectivity index (χ0) is 19.1. The molecule has 0 bridgehead atoms. The molecule has 2 aromatic carbocycles. The van der Waals surface area contributed by atoms with Crippen LogP contribution in [0.4, 0.5) is 5.69 Å². The van der Waals surface area contributed by atoms with E-state index in [0.29, 0.717) is 30.0 Å². The Balaban J connectivity index is 2.10. The number of carbonyl (C=O) groups is 2. The van der Waals surface area contributed by atoms with Crippen LogP contribution in [0.3, 0.4) is 0 Å². The second kappa shape index (κ2) is 9.04. The standard InChI is InChI=1S/C21H25NO4/c1-5-18(26-19-12-14(3)10-11-15(19)4)20(23)22-17-9-7-8-16(13-17)21(24)25-6-2/h7-13,18H,5-6H2,1-4H3,(H,22,23)/t18-/m0/s1. The molecule has 0 unspecified atom stereocenters. The first-order valence-electron chi connectivity index (χ1n) is 8.76. The van der Waals surface area contributed by atoms with Crippen molar-refractivity contribution in [2.24, 2.45) is 0 Å². The van der Waals surface area contributed by atoms with Gasteiger partial charge in [-0.25, -0.2) is 4.79 Å². The van der Waals surface area contributed by atoms with E-state index >= 15 is 0 Å². The number of aryl methyl sites for hydroxylation is 2. The van der Waals surface area contributed by atoms with Gasteiger partial charge in [-0.1, -0.05) is 25.1 Å². The Morgan fingerprint density at radius 1 is 1.08 bits per heavy atom. The van der Waals surface area contributed by atoms with Crippen LogP contribution in [0.25, 0.3) is 0 Å². The topological polar surface area (TPSA) is 64.6 Å². The third-order valence-corrected chi connectivity index (χ3v) is 3.92. The first-order valence-corrected chi connectivity index (χ1v) is 8.76. The SMILES string of the molecule is CCOC(=O)c1cccc(NC(=O)[C@H](CC)Oc2cc(C)ccc2C)c1. The van der Waals surface area contributed by atoms with Gasteiger partial charge in [-0.15, -0.1) is 0 Å². The Morgan fingerprint density at radius 2 is 1.85 bits per heavy atom. The van der Waals surface area contributed by atoms with Crippen LogP contribution in [-0.2, 0) is 9.53 Å². The molecule has 1 amide bonds. The molecule has 0 fully saturated rings. The molecule has 1 N–H and O–H groups in total. The highest BCUT2D eigenvalue weighted by molar-refractivity contribution is 5.96. The van der Waals surface area contributed by atoms with E-state index in [-0.39, 0.29) is 5.91 Å². The number of benzene rings is 2. The Hall–Kier alpha value is -2.82. The van der Waals surface area contributed by atoms with Crippen molar-refractivity contribution in [3.8, 4) is 5.75 Å². The lowest BCUT2D eigenvalue weighted by Gasteiger charge is -2.19. The van der Waals surface area contributed by atoms with Crippen molar-refractivity contribution >= 4 is 17.6 Å². The van der Waals surface area contributed by atoms with Crippen molar-refractivity contribution in [1.29, 1.82) is 0 Å². The number of esters is 1. The highest BCUT2D eigenvalue weighted by atomic mass is 16.5. The molecule has 1 atom stereocenters. The molecule has 0 aliphatic heterocycles. The second-order valence-electron chi connectivity index (χ2n) is 6.07. The van der Waals surface area contributed by atoms with Crippen molar-refractivity contribution in [3.05, 3.63) is 59.2 Å². The van der Waals surface area contributed by atoms with E-state index in [1.807, 2.05) is 39.0 Å². The number of ether oxygens (including phenoxy) is 2. The molecule has 0 aliphatic carbocycles. The zero-order valence-corrected chi connectivity index (χ0v) is 15.7. The summed E-state index contributed by atoms with van der Waals surface area (Å²) in [5.41, 5.74) is 2.98. The van der Waals surface area contributed by atoms with E-state index in [0.717, 1.165) is 11.1 Å². The van der Waals surface area contributed by atoms with Gasteiger partial charge in [-0.3, -0.25) is 4.79 Å². The Bertz CT molecular complexity index is 785. The number of nitrogens with one attached hydrogen (secondary N) is 1. The van der Waals surface area contributed by atoms with Gasteiger partial charge < -0.3 is 14.8 Å². The van der Waals surface area contributed by atoms with Gasteiger partial charge in [-0.05, 0) is 62.6 Å². The fourth-order valence-corrected chi connectivity index (χ4v) is 2.47. The first-order chi connectivity index (χ1) is 12.4. The molecule has 138 valence electrons. The predicted molar refractivity (Wildman–Crippen MR) is 102 cm³/mol. The number of anilines is 1. The van der Waals surface area contributed by atoms with Crippen LogP contribution >= 0.6 is 0 Å². The lowest BCUT2D eigenvalue weighted by molar-refractivity contribution is -0.122. The van der Waals surface area contributed by atoms with Crippen molar-refractivity contribution in [1.82, 2.24) is 0 Å². The van der Waals surface area contributed by atoms with Gasteiger partial charge in [-0.2, -0.15) is 0 Å². The van der Waals surface area contributed by atoms with Gasteiger partial charge in [0.05, 0.1) is 12.2 Å². The van der Waals surface area contributed by atoms with Crippen molar-refractivity contribution in [2.75, 3.05) is 11.9 Å². The molecular weight excluding hydrogens is 330 g/mol. The highest BCUT2D eigenvalue weighted by Gasteiger charge is 2.20. The summed E-state index contributed by atoms with van der Waals surface area (Å²) in [5, 5.41) is 2.81. The summed E-state index contributed by atoms with van der Waals surface area (Å²) >= 11 is 0. The Kier molecular flexibility index (Phi) is 6.78. The Labute approximate surface area is 154 Å². The average Bonchev–Trinajstić information content (AvgIpc) is 2.62. The molecule has 0 aliphatic rings. The van der Waals surface area contributed by atoms with E-state index in [1.54, 1.807) is 31.2 Å². The zero-order valence-electron chi connectivity index (χ0n) is 15.7. The van der Waals surface area contributed by atoms with Crippen LogP contribution < -0.4 is 10.1 Å². The lowest BCUT2D eigenvalue weighted by Crippen LogP contribution is -2.32. The first kappa shape index (κ1) is 19.5. The lowest BCUT2D eigenvalue weighted by atomic mass is 10.1. The number of carbonyl (C=O) groups excluding carboxylic acids is 2. The number of hydrogen-bond acceptors (Lipinski definition) is 4. The van der Waals surface area contributed by atoms with Gasteiger partial charge in [0.1, 0.15) is 5.75 Å². The largest absolute Gasteiger partial charge is 0.480 e. The molecule has 5 heteroatoms. The van der Waals surface area contributed by atoms with Crippen LogP contribution in [0.15, 0.2) is 42.5 Å². The van der Waals surface area contributed by atoms with Crippen molar-refractivity contribution in [2.45, 2.75) is 40.2 Å². The second-order valence-corrected chi connectivity index (χ2v) is 6.07. The molecule has 0 spiro atoms. The van der Waals surface area contributed by atoms with E-state index in [1.165, 1.54) is 0 Å².